The van der Waals surface area contributed by atoms with E-state index in [-0.39, 0.29) is 31.8 Å². The van der Waals surface area contributed by atoms with Gasteiger partial charge in [-0.25, -0.2) is 9.59 Å². The van der Waals surface area contributed by atoms with E-state index in [4.69, 9.17) is 33.2 Å². The summed E-state index contributed by atoms with van der Waals surface area (Å²) in [5.41, 5.74) is 2.42. The van der Waals surface area contributed by atoms with Gasteiger partial charge in [0, 0.05) is 12.8 Å². The summed E-state index contributed by atoms with van der Waals surface area (Å²) < 4.78 is 38.8. The van der Waals surface area contributed by atoms with Crippen LogP contribution in [0, 0.1) is 0 Å². The largest absolute Gasteiger partial charge is 0.508 e. The maximum absolute atomic E-state index is 12.7. The number of phenols is 1. The van der Waals surface area contributed by atoms with Gasteiger partial charge in [0.25, 0.3) is 0 Å². The van der Waals surface area contributed by atoms with Crippen molar-refractivity contribution in [3.8, 4) is 23.0 Å². The first-order chi connectivity index (χ1) is 24.7. The number of phenolic OH excluding ortho intramolecular Hbond substituents is 1. The minimum atomic E-state index is -0.620. The molecule has 4 aromatic rings. The third kappa shape index (κ3) is 9.30. The van der Waals surface area contributed by atoms with E-state index >= 15 is 0 Å². The van der Waals surface area contributed by atoms with Gasteiger partial charge >= 0.3 is 23.9 Å². The number of carbonyl (C=O) groups excluding carboxylic acids is 4. The number of rotatable bonds is 13. The van der Waals surface area contributed by atoms with E-state index in [0.717, 1.165) is 11.1 Å². The van der Waals surface area contributed by atoms with Crippen molar-refractivity contribution in [3.63, 3.8) is 0 Å². The number of aromatic hydroxyl groups is 1. The van der Waals surface area contributed by atoms with Crippen LogP contribution < -0.4 is 14.2 Å². The molecule has 2 aliphatic heterocycles. The molecule has 0 bridgehead atoms. The first-order valence-electron chi connectivity index (χ1n) is 16.4. The van der Waals surface area contributed by atoms with E-state index in [1.807, 2.05) is 0 Å². The van der Waals surface area contributed by atoms with E-state index in [2.05, 4.69) is 0 Å². The molecule has 2 fully saturated rings. The smallest absolute Gasteiger partial charge is 0.343 e. The minimum Gasteiger partial charge on any atom is -0.508 e. The summed E-state index contributed by atoms with van der Waals surface area (Å²) in [6, 6.07) is 26.1. The van der Waals surface area contributed by atoms with Gasteiger partial charge in [0.15, 0.2) is 12.2 Å². The standard InChI is InChI=1S/C39H36O12/c1-45-29-18-10-27(11-19-29)39(44)49-31-16-4-25(5-17-31)7-21-35(42)51-33-23-47-36-32(22-46-37(33)36)50-34(41)20-6-24-2-14-30(15-3-24)48-38(43)26-8-12-28(40)13-9-26/h2-5,8-19,32-33,36-37,40H,6-7,20-23H2,1H3. The molecule has 2 aliphatic rings. The molecule has 1 N–H and O–H groups in total. The monoisotopic (exact) mass is 696 g/mol. The Balaban J connectivity index is 0.889. The van der Waals surface area contributed by atoms with Gasteiger partial charge in [0.05, 0.1) is 31.5 Å². The lowest BCUT2D eigenvalue weighted by molar-refractivity contribution is -0.155. The lowest BCUT2D eigenvalue weighted by Gasteiger charge is -2.17. The summed E-state index contributed by atoms with van der Waals surface area (Å²) in [6.07, 6.45) is -1.25. The normalized spacial score (nSPS) is 19.1. The van der Waals surface area contributed by atoms with Gasteiger partial charge in [-0.2, -0.15) is 0 Å². The maximum Gasteiger partial charge on any atom is 0.343 e. The van der Waals surface area contributed by atoms with Crippen molar-refractivity contribution in [2.75, 3.05) is 20.3 Å². The third-order valence-electron chi connectivity index (χ3n) is 8.46. The Bertz CT molecular complexity index is 1820. The van der Waals surface area contributed by atoms with Crippen LogP contribution in [0.5, 0.6) is 23.0 Å². The van der Waals surface area contributed by atoms with E-state index in [1.165, 1.54) is 24.3 Å². The van der Waals surface area contributed by atoms with Crippen LogP contribution >= 0.6 is 0 Å². The van der Waals surface area contributed by atoms with Crippen LogP contribution in [0.2, 0.25) is 0 Å². The van der Waals surface area contributed by atoms with E-state index < -0.39 is 48.3 Å². The predicted molar refractivity (Wildman–Crippen MR) is 180 cm³/mol. The van der Waals surface area contributed by atoms with Gasteiger partial charge in [0.1, 0.15) is 35.2 Å². The van der Waals surface area contributed by atoms with Gasteiger partial charge in [-0.1, -0.05) is 24.3 Å². The van der Waals surface area contributed by atoms with Gasteiger partial charge in [-0.3, -0.25) is 9.59 Å². The SMILES string of the molecule is COc1ccc(C(=O)Oc2ccc(CCC(=O)OC3COC4C(OC(=O)CCc5ccc(OC(=O)c6ccc(O)cc6)cc5)COC34)cc2)cc1. The molecule has 51 heavy (non-hydrogen) atoms. The molecule has 264 valence electrons. The molecule has 2 heterocycles. The number of benzene rings is 4. The predicted octanol–water partition coefficient (Wildman–Crippen LogP) is 5.03. The van der Waals surface area contributed by atoms with Crippen molar-refractivity contribution in [1.82, 2.24) is 0 Å². The highest BCUT2D eigenvalue weighted by Gasteiger charge is 2.51. The zero-order valence-corrected chi connectivity index (χ0v) is 27.7. The van der Waals surface area contributed by atoms with E-state index in [9.17, 15) is 24.3 Å². The molecule has 0 aliphatic carbocycles. The fourth-order valence-electron chi connectivity index (χ4n) is 5.68. The number of carbonyl (C=O) groups is 4. The molecule has 2 saturated heterocycles. The Morgan fingerprint density at radius 3 is 1.39 bits per heavy atom. The Kier molecular flexibility index (Phi) is 11.2. The Morgan fingerprint density at radius 1 is 0.588 bits per heavy atom. The van der Waals surface area contributed by atoms with Crippen molar-refractivity contribution < 1.29 is 57.4 Å². The summed E-state index contributed by atoms with van der Waals surface area (Å²) in [5.74, 6) is -0.451. The molecule has 12 heteroatoms. The third-order valence-corrected chi connectivity index (χ3v) is 8.46. The van der Waals surface area contributed by atoms with Crippen LogP contribution in [0.25, 0.3) is 0 Å². The van der Waals surface area contributed by atoms with Crippen LogP contribution in [-0.4, -0.2) is 73.7 Å². The molecule has 0 aromatic heterocycles. The molecule has 4 unspecified atom stereocenters. The average Bonchev–Trinajstić information content (AvgIpc) is 3.74. The molecule has 4 aromatic carbocycles. The summed E-state index contributed by atoms with van der Waals surface area (Å²) >= 11 is 0. The second-order valence-electron chi connectivity index (χ2n) is 12.0. The Labute approximate surface area is 293 Å². The summed E-state index contributed by atoms with van der Waals surface area (Å²) in [4.78, 5) is 50.0. The molecular formula is C39H36O12. The Morgan fingerprint density at radius 2 is 0.980 bits per heavy atom. The highest BCUT2D eigenvalue weighted by atomic mass is 16.7. The fraction of sp³-hybridized carbons (Fsp3) is 0.282. The van der Waals surface area contributed by atoms with Gasteiger partial charge in [-0.15, -0.1) is 0 Å². The van der Waals surface area contributed by atoms with Gasteiger partial charge in [0.2, 0.25) is 0 Å². The topological polar surface area (TPSA) is 153 Å². The number of hydrogen-bond acceptors (Lipinski definition) is 12. The van der Waals surface area contributed by atoms with Crippen LogP contribution in [-0.2, 0) is 41.4 Å². The maximum atomic E-state index is 12.7. The van der Waals surface area contributed by atoms with Gasteiger partial charge in [-0.05, 0) is 96.8 Å². The molecule has 0 saturated carbocycles. The van der Waals surface area contributed by atoms with E-state index in [1.54, 1.807) is 79.9 Å². The number of esters is 4. The lowest BCUT2D eigenvalue weighted by Crippen LogP contribution is -2.36. The summed E-state index contributed by atoms with van der Waals surface area (Å²) in [7, 11) is 1.55. The average molecular weight is 697 g/mol. The zero-order valence-electron chi connectivity index (χ0n) is 27.7. The number of hydrogen-bond donors (Lipinski definition) is 1. The zero-order chi connectivity index (χ0) is 35.7. The van der Waals surface area contributed by atoms with Crippen molar-refractivity contribution in [2.24, 2.45) is 0 Å². The highest BCUT2D eigenvalue weighted by molar-refractivity contribution is 5.91. The van der Waals surface area contributed by atoms with Crippen LogP contribution in [0.15, 0.2) is 97.1 Å². The molecule has 0 radical (unpaired) electrons. The first kappa shape index (κ1) is 35.1. The fourth-order valence-corrected chi connectivity index (χ4v) is 5.68. The van der Waals surface area contributed by atoms with Crippen LogP contribution in [0.4, 0.5) is 0 Å². The second-order valence-corrected chi connectivity index (χ2v) is 12.0. The summed E-state index contributed by atoms with van der Waals surface area (Å²) in [5, 5.41) is 9.38. The molecule has 4 atom stereocenters. The first-order valence-corrected chi connectivity index (χ1v) is 16.4. The molecular weight excluding hydrogens is 660 g/mol. The number of aryl methyl sites for hydroxylation is 2. The number of fused-ring (bicyclic) bond motifs is 1. The van der Waals surface area contributed by atoms with Gasteiger partial charge < -0.3 is 38.3 Å². The van der Waals surface area contributed by atoms with Crippen molar-refractivity contribution in [1.29, 1.82) is 0 Å². The van der Waals surface area contributed by atoms with Crippen LogP contribution in [0.1, 0.15) is 44.7 Å². The number of methoxy groups -OCH3 is 1. The second kappa shape index (κ2) is 16.3. The highest BCUT2D eigenvalue weighted by Crippen LogP contribution is 2.31. The van der Waals surface area contributed by atoms with E-state index in [0.29, 0.717) is 41.2 Å². The van der Waals surface area contributed by atoms with Crippen molar-refractivity contribution in [2.45, 2.75) is 50.1 Å². The van der Waals surface area contributed by atoms with Crippen molar-refractivity contribution >= 4 is 23.9 Å². The van der Waals surface area contributed by atoms with Crippen molar-refractivity contribution in [3.05, 3.63) is 119 Å². The summed E-state index contributed by atoms with van der Waals surface area (Å²) in [6.45, 7) is 0.263. The number of ether oxygens (including phenoxy) is 7. The molecule has 0 amide bonds. The van der Waals surface area contributed by atoms with Crippen LogP contribution in [0.3, 0.4) is 0 Å². The molecule has 12 nitrogen and oxygen atoms in total. The molecule has 0 spiro atoms. The lowest BCUT2D eigenvalue weighted by atomic mass is 10.1. The quantitative estimate of drug-likeness (QED) is 0.147. The minimum absolute atomic E-state index is 0.0533. The molecule has 6 rings (SSSR count). The Hall–Kier alpha value is -5.72.